The van der Waals surface area contributed by atoms with E-state index in [0.29, 0.717) is 0 Å². The molecule has 2 aliphatic heterocycles. The van der Waals surface area contributed by atoms with Crippen LogP contribution in [0.15, 0.2) is 0 Å². The molecular weight excluding hydrogens is 146 g/mol. The van der Waals surface area contributed by atoms with Crippen molar-refractivity contribution in [2.24, 2.45) is 0 Å². The fraction of sp³-hybridized carbons (Fsp3) is 1.00. The van der Waals surface area contributed by atoms with Gasteiger partial charge in [0, 0.05) is 12.1 Å². The molecule has 0 amide bonds. The number of hydrogen-bond acceptors (Lipinski definition) is 1. The monoisotopic (exact) mass is 169 g/mol. The fourth-order valence-electron chi connectivity index (χ4n) is 2.55. The average molecular weight is 169 g/mol. The van der Waals surface area contributed by atoms with E-state index in [1.54, 1.807) is 0 Å². The molecule has 2 saturated heterocycles. The van der Waals surface area contributed by atoms with Gasteiger partial charge in [-0.25, -0.2) is 0 Å². The maximum Gasteiger partial charge on any atom is 0.00957 e. The van der Waals surface area contributed by atoms with Crippen molar-refractivity contribution < 1.29 is 0 Å². The summed E-state index contributed by atoms with van der Waals surface area (Å²) in [5, 5.41) is 0. The van der Waals surface area contributed by atoms with Gasteiger partial charge in [-0.1, -0.05) is 26.7 Å². The third kappa shape index (κ3) is 2.01. The van der Waals surface area contributed by atoms with Gasteiger partial charge in [0.15, 0.2) is 0 Å². The van der Waals surface area contributed by atoms with Crippen molar-refractivity contribution >= 4 is 0 Å². The van der Waals surface area contributed by atoms with E-state index < -0.39 is 0 Å². The third-order valence-corrected chi connectivity index (χ3v) is 3.31. The van der Waals surface area contributed by atoms with Crippen molar-refractivity contribution in [2.45, 2.75) is 64.5 Å². The fourth-order valence-corrected chi connectivity index (χ4v) is 2.55. The van der Waals surface area contributed by atoms with Crippen LogP contribution in [0, 0.1) is 0 Å². The highest BCUT2D eigenvalue weighted by Gasteiger charge is 2.31. The van der Waals surface area contributed by atoms with E-state index >= 15 is 0 Å². The van der Waals surface area contributed by atoms with Crippen molar-refractivity contribution in [3.8, 4) is 0 Å². The van der Waals surface area contributed by atoms with Crippen LogP contribution in [0.2, 0.25) is 0 Å². The highest BCUT2D eigenvalue weighted by Crippen LogP contribution is 2.32. The molecule has 0 aromatic rings. The number of fused-ring (bicyclic) bond motifs is 2. The SMILES string of the molecule is CC.CN1C2CCCCC1CC2. The van der Waals surface area contributed by atoms with Gasteiger partial charge in [0.25, 0.3) is 0 Å². The van der Waals surface area contributed by atoms with Crippen molar-refractivity contribution in [1.29, 1.82) is 0 Å². The normalized spacial score (nSPS) is 35.2. The number of rotatable bonds is 0. The lowest BCUT2D eigenvalue weighted by atomic mass is 10.0. The quantitative estimate of drug-likeness (QED) is 0.539. The molecule has 0 N–H and O–H groups in total. The molecule has 1 heteroatoms. The van der Waals surface area contributed by atoms with Gasteiger partial charge in [0.2, 0.25) is 0 Å². The zero-order chi connectivity index (χ0) is 8.97. The van der Waals surface area contributed by atoms with Gasteiger partial charge in [-0.05, 0) is 32.7 Å². The molecule has 72 valence electrons. The van der Waals surface area contributed by atoms with Gasteiger partial charge in [0.05, 0.1) is 0 Å². The van der Waals surface area contributed by atoms with E-state index in [1.807, 2.05) is 13.8 Å². The van der Waals surface area contributed by atoms with Crippen molar-refractivity contribution in [3.05, 3.63) is 0 Å². The van der Waals surface area contributed by atoms with Crippen molar-refractivity contribution in [3.63, 3.8) is 0 Å². The van der Waals surface area contributed by atoms with E-state index in [-0.39, 0.29) is 0 Å². The zero-order valence-electron chi connectivity index (χ0n) is 8.84. The molecular formula is C11H23N. The first kappa shape index (κ1) is 10.0. The molecule has 2 rings (SSSR count). The van der Waals surface area contributed by atoms with Crippen LogP contribution in [0.3, 0.4) is 0 Å². The summed E-state index contributed by atoms with van der Waals surface area (Å²) >= 11 is 0. The largest absolute Gasteiger partial charge is 0.300 e. The summed E-state index contributed by atoms with van der Waals surface area (Å²) < 4.78 is 0. The smallest absolute Gasteiger partial charge is 0.00957 e. The number of hydrogen-bond donors (Lipinski definition) is 0. The van der Waals surface area contributed by atoms with Crippen LogP contribution in [-0.2, 0) is 0 Å². The molecule has 12 heavy (non-hydrogen) atoms. The van der Waals surface area contributed by atoms with E-state index in [2.05, 4.69) is 11.9 Å². The highest BCUT2D eigenvalue weighted by molar-refractivity contribution is 4.87. The Morgan fingerprint density at radius 3 is 1.67 bits per heavy atom. The second-order valence-electron chi connectivity index (χ2n) is 3.83. The first-order valence-electron chi connectivity index (χ1n) is 5.60. The Morgan fingerprint density at radius 2 is 1.25 bits per heavy atom. The lowest BCUT2D eigenvalue weighted by Gasteiger charge is -2.21. The molecule has 0 radical (unpaired) electrons. The van der Waals surface area contributed by atoms with Gasteiger partial charge in [0.1, 0.15) is 0 Å². The maximum absolute atomic E-state index is 2.62. The van der Waals surface area contributed by atoms with Gasteiger partial charge < -0.3 is 4.90 Å². The molecule has 2 heterocycles. The molecule has 2 fully saturated rings. The predicted molar refractivity (Wildman–Crippen MR) is 54.4 cm³/mol. The summed E-state index contributed by atoms with van der Waals surface area (Å²) in [7, 11) is 2.31. The lowest BCUT2D eigenvalue weighted by molar-refractivity contribution is 0.244. The van der Waals surface area contributed by atoms with Crippen LogP contribution in [0.4, 0.5) is 0 Å². The van der Waals surface area contributed by atoms with Crippen molar-refractivity contribution in [1.82, 2.24) is 4.90 Å². The molecule has 0 aromatic heterocycles. The first-order chi connectivity index (χ1) is 5.88. The van der Waals surface area contributed by atoms with E-state index in [4.69, 9.17) is 0 Å². The average Bonchev–Trinajstić information content (AvgIpc) is 2.29. The summed E-state index contributed by atoms with van der Waals surface area (Å²) in [6.07, 6.45) is 8.83. The molecule has 0 saturated carbocycles. The molecule has 0 aliphatic carbocycles. The zero-order valence-corrected chi connectivity index (χ0v) is 8.84. The van der Waals surface area contributed by atoms with Crippen LogP contribution in [0.1, 0.15) is 52.4 Å². The predicted octanol–water partition coefficient (Wildman–Crippen LogP) is 3.05. The lowest BCUT2D eigenvalue weighted by Crippen LogP contribution is -2.29. The Hall–Kier alpha value is -0.0400. The van der Waals surface area contributed by atoms with Crippen LogP contribution in [0.5, 0.6) is 0 Å². The second kappa shape index (κ2) is 4.86. The minimum Gasteiger partial charge on any atom is -0.300 e. The molecule has 0 spiro atoms. The van der Waals surface area contributed by atoms with Crippen molar-refractivity contribution in [2.75, 3.05) is 7.05 Å². The Kier molecular flexibility index (Phi) is 4.07. The summed E-state index contributed by atoms with van der Waals surface area (Å²) in [4.78, 5) is 2.62. The topological polar surface area (TPSA) is 3.24 Å². The van der Waals surface area contributed by atoms with E-state index in [9.17, 15) is 0 Å². The Morgan fingerprint density at radius 1 is 0.833 bits per heavy atom. The molecule has 1 nitrogen and oxygen atoms in total. The second-order valence-corrected chi connectivity index (χ2v) is 3.83. The maximum atomic E-state index is 2.62. The van der Waals surface area contributed by atoms with Crippen LogP contribution in [-0.4, -0.2) is 24.0 Å². The molecule has 2 unspecified atom stereocenters. The minimum atomic E-state index is 0.951. The summed E-state index contributed by atoms with van der Waals surface area (Å²) in [5.74, 6) is 0. The summed E-state index contributed by atoms with van der Waals surface area (Å²) in [5.41, 5.74) is 0. The molecule has 2 atom stereocenters. The summed E-state index contributed by atoms with van der Waals surface area (Å²) in [6.45, 7) is 4.00. The summed E-state index contributed by atoms with van der Waals surface area (Å²) in [6, 6.07) is 1.90. The Labute approximate surface area is 77.1 Å². The van der Waals surface area contributed by atoms with Gasteiger partial charge in [-0.15, -0.1) is 0 Å². The van der Waals surface area contributed by atoms with E-state index in [1.165, 1.54) is 38.5 Å². The standard InChI is InChI=1S/C9H17N.C2H6/c1-10-8-4-2-3-5-9(10)7-6-8;1-2/h8-9H,2-7H2,1H3;1-2H3. The van der Waals surface area contributed by atoms with E-state index in [0.717, 1.165) is 12.1 Å². The van der Waals surface area contributed by atoms with Crippen LogP contribution >= 0.6 is 0 Å². The Bertz CT molecular complexity index is 108. The Balaban J connectivity index is 0.000000336. The van der Waals surface area contributed by atoms with Gasteiger partial charge in [-0.3, -0.25) is 0 Å². The van der Waals surface area contributed by atoms with Gasteiger partial charge in [-0.2, -0.15) is 0 Å². The minimum absolute atomic E-state index is 0.951. The van der Waals surface area contributed by atoms with Crippen LogP contribution < -0.4 is 0 Å². The third-order valence-electron chi connectivity index (χ3n) is 3.31. The first-order valence-corrected chi connectivity index (χ1v) is 5.60. The number of nitrogens with zero attached hydrogens (tertiary/aromatic N) is 1. The highest BCUT2D eigenvalue weighted by atomic mass is 15.2. The molecule has 2 aliphatic rings. The molecule has 0 aromatic carbocycles. The van der Waals surface area contributed by atoms with Crippen LogP contribution in [0.25, 0.3) is 0 Å². The molecule has 2 bridgehead atoms. The van der Waals surface area contributed by atoms with Gasteiger partial charge >= 0.3 is 0 Å².